The molecule has 1 N–H and O–H groups in total. The molecule has 2 aromatic carbocycles. The van der Waals surface area contributed by atoms with Crippen molar-refractivity contribution >= 4 is 11.9 Å². The van der Waals surface area contributed by atoms with Gasteiger partial charge in [-0.05, 0) is 34.4 Å². The molecule has 0 saturated heterocycles. The first-order valence-corrected chi connectivity index (χ1v) is 8.42. The molecule has 1 heterocycles. The highest BCUT2D eigenvalue weighted by molar-refractivity contribution is 5.84. The second-order valence-electron chi connectivity index (χ2n) is 6.13. The Labute approximate surface area is 156 Å². The van der Waals surface area contributed by atoms with Gasteiger partial charge < -0.3 is 4.74 Å². The van der Waals surface area contributed by atoms with Crippen LogP contribution in [0.15, 0.2) is 60.7 Å². The molecule has 0 fully saturated rings. The number of hydrogen-bond donors (Lipinski definition) is 1. The molecule has 1 aromatic heterocycles. The van der Waals surface area contributed by atoms with E-state index in [-0.39, 0.29) is 23.9 Å². The van der Waals surface area contributed by atoms with E-state index in [0.717, 1.165) is 22.3 Å². The topological polar surface area (TPSA) is 51.2 Å². The standard InChI is InChI=1S/C22H15FN2O2/c1-2-14-11-12-20(24-21(14)23)25-22(26)27-13-19-17-9-5-3-7-15(17)16-8-4-6-10-18(16)19/h1,3-12,19H,13H2,(H,24,25,26). The molecule has 5 heteroatoms. The maximum atomic E-state index is 13.6. The summed E-state index contributed by atoms with van der Waals surface area (Å²) >= 11 is 0. The van der Waals surface area contributed by atoms with E-state index in [4.69, 9.17) is 11.2 Å². The first kappa shape index (κ1) is 16.8. The number of terminal acetylenes is 1. The lowest BCUT2D eigenvalue weighted by molar-refractivity contribution is 0.158. The fraction of sp³-hybridized carbons (Fsp3) is 0.0909. The van der Waals surface area contributed by atoms with Crippen molar-refractivity contribution in [2.24, 2.45) is 0 Å². The Kier molecular flexibility index (Phi) is 4.31. The Morgan fingerprint density at radius 2 is 1.70 bits per heavy atom. The van der Waals surface area contributed by atoms with E-state index in [0.29, 0.717) is 0 Å². The minimum Gasteiger partial charge on any atom is -0.448 e. The van der Waals surface area contributed by atoms with Crippen molar-refractivity contribution in [2.75, 3.05) is 11.9 Å². The van der Waals surface area contributed by atoms with Gasteiger partial charge in [-0.2, -0.15) is 4.39 Å². The van der Waals surface area contributed by atoms with E-state index >= 15 is 0 Å². The zero-order valence-corrected chi connectivity index (χ0v) is 14.3. The molecule has 3 aromatic rings. The van der Waals surface area contributed by atoms with Crippen molar-refractivity contribution in [3.8, 4) is 23.5 Å². The van der Waals surface area contributed by atoms with Crippen LogP contribution in [0.25, 0.3) is 11.1 Å². The van der Waals surface area contributed by atoms with Gasteiger partial charge in [-0.3, -0.25) is 5.32 Å². The molecule has 4 nitrogen and oxygen atoms in total. The van der Waals surface area contributed by atoms with Crippen LogP contribution in [-0.4, -0.2) is 17.7 Å². The average molecular weight is 358 g/mol. The van der Waals surface area contributed by atoms with Crippen molar-refractivity contribution in [3.63, 3.8) is 0 Å². The number of halogens is 1. The lowest BCUT2D eigenvalue weighted by atomic mass is 9.98. The third kappa shape index (κ3) is 3.13. The van der Waals surface area contributed by atoms with Crippen LogP contribution in [0.5, 0.6) is 0 Å². The van der Waals surface area contributed by atoms with E-state index in [9.17, 15) is 9.18 Å². The van der Waals surface area contributed by atoms with E-state index in [1.807, 2.05) is 36.4 Å². The number of fused-ring (bicyclic) bond motifs is 3. The molecule has 132 valence electrons. The number of nitrogens with zero attached hydrogens (tertiary/aromatic N) is 1. The van der Waals surface area contributed by atoms with Gasteiger partial charge in [0.1, 0.15) is 12.4 Å². The zero-order chi connectivity index (χ0) is 18.8. The molecule has 0 radical (unpaired) electrons. The molecule has 1 aliphatic rings. The molecule has 0 bridgehead atoms. The number of aromatic nitrogens is 1. The monoisotopic (exact) mass is 358 g/mol. The van der Waals surface area contributed by atoms with Gasteiger partial charge >= 0.3 is 6.09 Å². The number of ether oxygens (including phenoxy) is 1. The Balaban J connectivity index is 1.48. The lowest BCUT2D eigenvalue weighted by Crippen LogP contribution is -2.18. The SMILES string of the molecule is C#Cc1ccc(NC(=O)OCC2c3ccccc3-c3ccccc32)nc1F. The predicted octanol–water partition coefficient (Wildman–Crippen LogP) is 4.56. The maximum absolute atomic E-state index is 13.6. The number of nitrogens with one attached hydrogen (secondary N) is 1. The molecule has 4 rings (SSSR count). The first-order valence-electron chi connectivity index (χ1n) is 8.42. The highest BCUT2D eigenvalue weighted by Gasteiger charge is 2.29. The third-order valence-corrected chi connectivity index (χ3v) is 4.58. The largest absolute Gasteiger partial charge is 0.448 e. The summed E-state index contributed by atoms with van der Waals surface area (Å²) in [6, 6.07) is 18.9. The summed E-state index contributed by atoms with van der Waals surface area (Å²) in [6.07, 6.45) is 4.46. The molecule has 1 aliphatic carbocycles. The van der Waals surface area contributed by atoms with Gasteiger partial charge in [0.15, 0.2) is 0 Å². The van der Waals surface area contributed by atoms with Gasteiger partial charge in [-0.15, -0.1) is 6.42 Å². The minimum atomic E-state index is -0.811. The van der Waals surface area contributed by atoms with Crippen LogP contribution < -0.4 is 5.32 Å². The third-order valence-electron chi connectivity index (χ3n) is 4.58. The lowest BCUT2D eigenvalue weighted by Gasteiger charge is -2.14. The fourth-order valence-corrected chi connectivity index (χ4v) is 3.35. The number of carbonyl (C=O) groups is 1. The number of benzene rings is 2. The van der Waals surface area contributed by atoms with Gasteiger partial charge in [0.05, 0.1) is 5.56 Å². The zero-order valence-electron chi connectivity index (χ0n) is 14.3. The maximum Gasteiger partial charge on any atom is 0.412 e. The Hall–Kier alpha value is -3.65. The Morgan fingerprint density at radius 3 is 2.30 bits per heavy atom. The molecule has 0 atom stereocenters. The van der Waals surface area contributed by atoms with E-state index in [1.54, 1.807) is 0 Å². The van der Waals surface area contributed by atoms with Crippen LogP contribution >= 0.6 is 0 Å². The van der Waals surface area contributed by atoms with Gasteiger partial charge in [0, 0.05) is 5.92 Å². The van der Waals surface area contributed by atoms with Crippen LogP contribution in [0.2, 0.25) is 0 Å². The number of hydrogen-bond acceptors (Lipinski definition) is 3. The van der Waals surface area contributed by atoms with Crippen LogP contribution in [-0.2, 0) is 4.74 Å². The average Bonchev–Trinajstić information content (AvgIpc) is 3.00. The summed E-state index contributed by atoms with van der Waals surface area (Å²) in [5.41, 5.74) is 4.57. The molecule has 0 aliphatic heterocycles. The number of anilines is 1. The van der Waals surface area contributed by atoms with Crippen molar-refractivity contribution in [1.82, 2.24) is 4.98 Å². The van der Waals surface area contributed by atoms with Crippen molar-refractivity contribution in [2.45, 2.75) is 5.92 Å². The molecular weight excluding hydrogens is 343 g/mol. The molecule has 1 amide bonds. The fourth-order valence-electron chi connectivity index (χ4n) is 3.35. The summed E-state index contributed by atoms with van der Waals surface area (Å²) < 4.78 is 19.0. The van der Waals surface area contributed by atoms with E-state index < -0.39 is 12.0 Å². The molecule has 0 unspecified atom stereocenters. The van der Waals surface area contributed by atoms with E-state index in [1.165, 1.54) is 12.1 Å². The van der Waals surface area contributed by atoms with Crippen LogP contribution in [0, 0.1) is 18.3 Å². The minimum absolute atomic E-state index is 0.0353. The predicted molar refractivity (Wildman–Crippen MR) is 101 cm³/mol. The quantitative estimate of drug-likeness (QED) is 0.551. The molecule has 0 saturated carbocycles. The highest BCUT2D eigenvalue weighted by Crippen LogP contribution is 2.44. The summed E-state index contributed by atoms with van der Waals surface area (Å²) in [5.74, 6) is 1.36. The van der Waals surface area contributed by atoms with Crippen LogP contribution in [0.1, 0.15) is 22.6 Å². The molecule has 0 spiro atoms. The summed E-state index contributed by atoms with van der Waals surface area (Å²) in [7, 11) is 0. The number of carbonyl (C=O) groups excluding carboxylic acids is 1. The first-order chi connectivity index (χ1) is 13.2. The number of pyridine rings is 1. The second kappa shape index (κ2) is 6.93. The summed E-state index contributed by atoms with van der Waals surface area (Å²) in [6.45, 7) is 0.171. The highest BCUT2D eigenvalue weighted by atomic mass is 19.1. The Morgan fingerprint density at radius 1 is 1.07 bits per heavy atom. The summed E-state index contributed by atoms with van der Waals surface area (Å²) in [5, 5.41) is 2.43. The van der Waals surface area contributed by atoms with Gasteiger partial charge in [0.2, 0.25) is 5.95 Å². The van der Waals surface area contributed by atoms with Gasteiger partial charge in [-0.25, -0.2) is 9.78 Å². The molecular formula is C22H15FN2O2. The van der Waals surface area contributed by atoms with Crippen LogP contribution in [0.4, 0.5) is 15.0 Å². The van der Waals surface area contributed by atoms with Crippen molar-refractivity contribution in [1.29, 1.82) is 0 Å². The Bertz CT molecular complexity index is 1030. The van der Waals surface area contributed by atoms with E-state index in [2.05, 4.69) is 28.4 Å². The van der Waals surface area contributed by atoms with Crippen molar-refractivity contribution < 1.29 is 13.9 Å². The van der Waals surface area contributed by atoms with Gasteiger partial charge in [0.25, 0.3) is 0 Å². The number of rotatable bonds is 3. The summed E-state index contributed by atoms with van der Waals surface area (Å²) in [4.78, 5) is 15.7. The second-order valence-corrected chi connectivity index (χ2v) is 6.13. The normalized spacial score (nSPS) is 12.0. The van der Waals surface area contributed by atoms with Crippen molar-refractivity contribution in [3.05, 3.63) is 83.3 Å². The number of amides is 1. The molecule has 27 heavy (non-hydrogen) atoms. The smallest absolute Gasteiger partial charge is 0.412 e. The van der Waals surface area contributed by atoms with Gasteiger partial charge in [-0.1, -0.05) is 54.5 Å². The van der Waals surface area contributed by atoms with Crippen LogP contribution in [0.3, 0.4) is 0 Å².